The average molecular weight is 318 g/mol. The standard InChI is InChI=1S/C18H26N2O3/c1-5-23-17(22)18(2)12-6-7-13-20(18)16(21)14-8-10-15(11-9-14)19(3)4/h8-11H,5-7,12-13H2,1-4H3. The van der Waals surface area contributed by atoms with Crippen molar-refractivity contribution in [2.45, 2.75) is 38.6 Å². The number of nitrogens with zero attached hydrogens (tertiary/aromatic N) is 2. The summed E-state index contributed by atoms with van der Waals surface area (Å²) in [5.41, 5.74) is 0.771. The van der Waals surface area contributed by atoms with E-state index < -0.39 is 5.54 Å². The molecule has 0 spiro atoms. The van der Waals surface area contributed by atoms with Crippen LogP contribution in [0.15, 0.2) is 24.3 Å². The van der Waals surface area contributed by atoms with Crippen molar-refractivity contribution in [2.75, 3.05) is 32.1 Å². The van der Waals surface area contributed by atoms with Gasteiger partial charge in [0.1, 0.15) is 5.54 Å². The molecule has 0 aliphatic carbocycles. The Kier molecular flexibility index (Phi) is 5.29. The summed E-state index contributed by atoms with van der Waals surface area (Å²) in [5, 5.41) is 0. The molecule has 0 saturated carbocycles. The smallest absolute Gasteiger partial charge is 0.331 e. The van der Waals surface area contributed by atoms with Crippen molar-refractivity contribution < 1.29 is 14.3 Å². The number of ether oxygens (including phenoxy) is 1. The first kappa shape index (κ1) is 17.3. The predicted molar refractivity (Wildman–Crippen MR) is 90.7 cm³/mol. The van der Waals surface area contributed by atoms with E-state index in [4.69, 9.17) is 4.74 Å². The molecule has 1 aromatic rings. The number of anilines is 1. The fraction of sp³-hybridized carbons (Fsp3) is 0.556. The van der Waals surface area contributed by atoms with Crippen LogP contribution in [0.5, 0.6) is 0 Å². The summed E-state index contributed by atoms with van der Waals surface area (Å²) < 4.78 is 5.21. The van der Waals surface area contributed by atoms with Crippen molar-refractivity contribution in [2.24, 2.45) is 0 Å². The first-order valence-corrected chi connectivity index (χ1v) is 8.16. The Bertz CT molecular complexity index is 568. The molecule has 0 aromatic heterocycles. The predicted octanol–water partition coefficient (Wildman–Crippen LogP) is 2.70. The Morgan fingerprint density at radius 3 is 2.43 bits per heavy atom. The summed E-state index contributed by atoms with van der Waals surface area (Å²) in [4.78, 5) is 29.0. The maximum Gasteiger partial charge on any atom is 0.331 e. The van der Waals surface area contributed by atoms with Crippen LogP contribution in [0, 0.1) is 0 Å². The van der Waals surface area contributed by atoms with Gasteiger partial charge in [-0.3, -0.25) is 4.79 Å². The van der Waals surface area contributed by atoms with Crippen molar-refractivity contribution in [3.05, 3.63) is 29.8 Å². The molecule has 126 valence electrons. The molecule has 1 fully saturated rings. The summed E-state index contributed by atoms with van der Waals surface area (Å²) in [6.45, 7) is 4.52. The van der Waals surface area contributed by atoms with Crippen molar-refractivity contribution >= 4 is 17.6 Å². The lowest BCUT2D eigenvalue weighted by Crippen LogP contribution is -2.58. The minimum atomic E-state index is -0.869. The number of esters is 1. The van der Waals surface area contributed by atoms with Gasteiger partial charge in [0, 0.05) is 31.9 Å². The molecule has 1 aromatic carbocycles. The van der Waals surface area contributed by atoms with Crippen LogP contribution in [0.25, 0.3) is 0 Å². The molecule has 0 bridgehead atoms. The number of piperidine rings is 1. The quantitative estimate of drug-likeness (QED) is 0.801. The Labute approximate surface area is 138 Å². The van der Waals surface area contributed by atoms with E-state index >= 15 is 0 Å². The third-order valence-corrected chi connectivity index (χ3v) is 4.48. The summed E-state index contributed by atoms with van der Waals surface area (Å²) in [6.07, 6.45) is 2.49. The van der Waals surface area contributed by atoms with Gasteiger partial charge >= 0.3 is 5.97 Å². The highest BCUT2D eigenvalue weighted by Crippen LogP contribution is 2.31. The maximum absolute atomic E-state index is 12.9. The lowest BCUT2D eigenvalue weighted by atomic mass is 9.87. The van der Waals surface area contributed by atoms with Crippen LogP contribution in [0.3, 0.4) is 0 Å². The minimum Gasteiger partial charge on any atom is -0.464 e. The monoisotopic (exact) mass is 318 g/mol. The Hall–Kier alpha value is -2.04. The molecule has 1 unspecified atom stereocenters. The van der Waals surface area contributed by atoms with E-state index in [0.29, 0.717) is 25.1 Å². The molecule has 1 heterocycles. The average Bonchev–Trinajstić information content (AvgIpc) is 2.55. The summed E-state index contributed by atoms with van der Waals surface area (Å²) in [6, 6.07) is 7.47. The zero-order valence-electron chi connectivity index (χ0n) is 14.5. The number of likely N-dealkylation sites (tertiary alicyclic amines) is 1. The van der Waals surface area contributed by atoms with Gasteiger partial charge in [-0.1, -0.05) is 0 Å². The van der Waals surface area contributed by atoms with E-state index in [2.05, 4.69) is 0 Å². The lowest BCUT2D eigenvalue weighted by molar-refractivity contribution is -0.157. The number of hydrogen-bond donors (Lipinski definition) is 0. The highest BCUT2D eigenvalue weighted by molar-refractivity contribution is 5.98. The number of benzene rings is 1. The van der Waals surface area contributed by atoms with E-state index in [1.54, 1.807) is 11.8 Å². The van der Waals surface area contributed by atoms with Gasteiger partial charge in [0.15, 0.2) is 0 Å². The fourth-order valence-corrected chi connectivity index (χ4v) is 3.00. The van der Waals surface area contributed by atoms with Gasteiger partial charge in [0.2, 0.25) is 0 Å². The van der Waals surface area contributed by atoms with Crippen molar-refractivity contribution in [3.8, 4) is 0 Å². The Morgan fingerprint density at radius 2 is 1.87 bits per heavy atom. The molecule has 23 heavy (non-hydrogen) atoms. The number of carbonyl (C=O) groups is 2. The van der Waals surface area contributed by atoms with E-state index in [9.17, 15) is 9.59 Å². The molecule has 5 heteroatoms. The second kappa shape index (κ2) is 7.02. The zero-order valence-corrected chi connectivity index (χ0v) is 14.5. The third kappa shape index (κ3) is 3.49. The second-order valence-corrected chi connectivity index (χ2v) is 6.35. The molecule has 1 saturated heterocycles. The molecule has 1 amide bonds. The summed E-state index contributed by atoms with van der Waals surface area (Å²) in [7, 11) is 3.92. The number of hydrogen-bond acceptors (Lipinski definition) is 4. The fourth-order valence-electron chi connectivity index (χ4n) is 3.00. The van der Waals surface area contributed by atoms with Crippen LogP contribution >= 0.6 is 0 Å². The van der Waals surface area contributed by atoms with Crippen LogP contribution in [0.1, 0.15) is 43.5 Å². The van der Waals surface area contributed by atoms with Gasteiger partial charge < -0.3 is 14.5 Å². The number of rotatable bonds is 4. The summed E-state index contributed by atoms with van der Waals surface area (Å²) >= 11 is 0. The molecular weight excluding hydrogens is 292 g/mol. The highest BCUT2D eigenvalue weighted by atomic mass is 16.5. The Morgan fingerprint density at radius 1 is 1.22 bits per heavy atom. The van der Waals surface area contributed by atoms with Crippen molar-refractivity contribution in [1.82, 2.24) is 4.90 Å². The SMILES string of the molecule is CCOC(=O)C1(C)CCCCN1C(=O)c1ccc(N(C)C)cc1. The molecule has 1 atom stereocenters. The topological polar surface area (TPSA) is 49.9 Å². The molecule has 0 radical (unpaired) electrons. The van der Waals surface area contributed by atoms with Crippen LogP contribution < -0.4 is 4.90 Å². The Balaban J connectivity index is 2.25. The van der Waals surface area contributed by atoms with E-state index in [0.717, 1.165) is 18.5 Å². The van der Waals surface area contributed by atoms with Crippen LogP contribution in [-0.4, -0.2) is 49.6 Å². The van der Waals surface area contributed by atoms with E-state index in [-0.39, 0.29) is 11.9 Å². The highest BCUT2D eigenvalue weighted by Gasteiger charge is 2.45. The summed E-state index contributed by atoms with van der Waals surface area (Å²) in [5.74, 6) is -0.413. The van der Waals surface area contributed by atoms with Crippen LogP contribution in [-0.2, 0) is 9.53 Å². The number of carbonyl (C=O) groups excluding carboxylic acids is 2. The first-order chi connectivity index (χ1) is 10.9. The molecule has 1 aliphatic heterocycles. The minimum absolute atomic E-state index is 0.106. The molecular formula is C18H26N2O3. The zero-order chi connectivity index (χ0) is 17.0. The van der Waals surface area contributed by atoms with E-state index in [1.807, 2.05) is 50.2 Å². The maximum atomic E-state index is 12.9. The van der Waals surface area contributed by atoms with Gasteiger partial charge in [0.25, 0.3) is 5.91 Å². The second-order valence-electron chi connectivity index (χ2n) is 6.35. The molecule has 1 aliphatic rings. The first-order valence-electron chi connectivity index (χ1n) is 8.16. The van der Waals surface area contributed by atoms with Gasteiger partial charge in [-0.2, -0.15) is 0 Å². The van der Waals surface area contributed by atoms with Gasteiger partial charge in [-0.15, -0.1) is 0 Å². The largest absolute Gasteiger partial charge is 0.464 e. The molecule has 2 rings (SSSR count). The van der Waals surface area contributed by atoms with Gasteiger partial charge in [-0.05, 0) is 57.4 Å². The van der Waals surface area contributed by atoms with Crippen LogP contribution in [0.2, 0.25) is 0 Å². The molecule has 5 nitrogen and oxygen atoms in total. The number of amides is 1. The van der Waals surface area contributed by atoms with Gasteiger partial charge in [-0.25, -0.2) is 4.79 Å². The molecule has 0 N–H and O–H groups in total. The van der Waals surface area contributed by atoms with Crippen LogP contribution in [0.4, 0.5) is 5.69 Å². The van der Waals surface area contributed by atoms with E-state index in [1.165, 1.54) is 0 Å². The van der Waals surface area contributed by atoms with Gasteiger partial charge in [0.05, 0.1) is 6.61 Å². The van der Waals surface area contributed by atoms with Crippen molar-refractivity contribution in [1.29, 1.82) is 0 Å². The normalized spacial score (nSPS) is 21.0. The van der Waals surface area contributed by atoms with Crippen molar-refractivity contribution in [3.63, 3.8) is 0 Å². The third-order valence-electron chi connectivity index (χ3n) is 4.48. The lowest BCUT2D eigenvalue weighted by Gasteiger charge is -2.42.